The van der Waals surface area contributed by atoms with Gasteiger partial charge in [0.2, 0.25) is 5.91 Å². The molecular weight excluding hydrogens is 510 g/mol. The zero-order chi connectivity index (χ0) is 26.4. The molecule has 1 amide bonds. The van der Waals surface area contributed by atoms with Gasteiger partial charge in [-0.15, -0.1) is 16.8 Å². The molecule has 0 saturated heterocycles. The van der Waals surface area contributed by atoms with Gasteiger partial charge in [0.15, 0.2) is 5.16 Å². The van der Waals surface area contributed by atoms with Crippen LogP contribution in [0.2, 0.25) is 0 Å². The van der Waals surface area contributed by atoms with E-state index in [1.54, 1.807) is 32.0 Å². The van der Waals surface area contributed by atoms with Crippen molar-refractivity contribution in [1.82, 2.24) is 24.7 Å². The zero-order valence-corrected chi connectivity index (χ0v) is 22.6. The summed E-state index contributed by atoms with van der Waals surface area (Å²) in [5.74, 6) is 1.97. The monoisotopic (exact) mass is 541 g/mol. The largest absolute Gasteiger partial charge is 0.325 e. The van der Waals surface area contributed by atoms with Gasteiger partial charge in [-0.2, -0.15) is 0 Å². The fraction of sp³-hybridized carbons (Fsp3) is 0.400. The summed E-state index contributed by atoms with van der Waals surface area (Å²) in [6, 6.07) is 7.53. The number of anilines is 2. The minimum Gasteiger partial charge on any atom is -0.325 e. The lowest BCUT2D eigenvalue weighted by molar-refractivity contribution is -0.113. The number of carbonyl (C=O) groups excluding carboxylic acids is 1. The van der Waals surface area contributed by atoms with Gasteiger partial charge in [-0.05, 0) is 51.0 Å². The number of hydrogen-bond donors (Lipinski definition) is 2. The molecule has 0 spiro atoms. The van der Waals surface area contributed by atoms with Gasteiger partial charge in [0, 0.05) is 29.9 Å². The van der Waals surface area contributed by atoms with Gasteiger partial charge in [0.1, 0.15) is 17.5 Å². The average Bonchev–Trinajstić information content (AvgIpc) is 3.25. The first-order valence-electron chi connectivity index (χ1n) is 12.2. The number of nitrogens with zero attached hydrogens (tertiary/aromatic N) is 5. The molecule has 12 heteroatoms. The lowest BCUT2D eigenvalue weighted by atomic mass is 9.89. The molecule has 1 aliphatic rings. The van der Waals surface area contributed by atoms with Crippen LogP contribution in [0.25, 0.3) is 0 Å². The second-order valence-corrected chi connectivity index (χ2v) is 11.6. The second kappa shape index (κ2) is 11.9. The van der Waals surface area contributed by atoms with Gasteiger partial charge in [0.05, 0.1) is 10.6 Å². The molecule has 0 bridgehead atoms. The number of allylic oxidation sites excluding steroid dienone is 1. The van der Waals surface area contributed by atoms with Gasteiger partial charge in [-0.25, -0.2) is 18.4 Å². The summed E-state index contributed by atoms with van der Waals surface area (Å²) < 4.78 is 30.0. The van der Waals surface area contributed by atoms with Crippen LogP contribution in [-0.4, -0.2) is 44.8 Å². The highest BCUT2D eigenvalue weighted by Gasteiger charge is 2.23. The van der Waals surface area contributed by atoms with Gasteiger partial charge in [-0.3, -0.25) is 9.52 Å². The average molecular weight is 542 g/mol. The van der Waals surface area contributed by atoms with E-state index < -0.39 is 10.0 Å². The Balaban J connectivity index is 1.36. The highest BCUT2D eigenvalue weighted by molar-refractivity contribution is 7.99. The molecule has 0 radical (unpaired) electrons. The van der Waals surface area contributed by atoms with E-state index in [4.69, 9.17) is 0 Å². The molecule has 0 atom stereocenters. The summed E-state index contributed by atoms with van der Waals surface area (Å²) >= 11 is 1.32. The first-order chi connectivity index (χ1) is 17.7. The fourth-order valence-electron chi connectivity index (χ4n) is 4.38. The van der Waals surface area contributed by atoms with Crippen molar-refractivity contribution in [3.05, 3.63) is 60.3 Å². The van der Waals surface area contributed by atoms with E-state index in [1.807, 2.05) is 10.6 Å². The van der Waals surface area contributed by atoms with Crippen LogP contribution in [0.4, 0.5) is 11.5 Å². The molecule has 1 saturated carbocycles. The van der Waals surface area contributed by atoms with Crippen molar-refractivity contribution in [1.29, 1.82) is 0 Å². The number of aryl methyl sites for hydroxylation is 2. The Morgan fingerprint density at radius 1 is 1.14 bits per heavy atom. The van der Waals surface area contributed by atoms with Crippen LogP contribution in [0, 0.1) is 13.8 Å². The van der Waals surface area contributed by atoms with E-state index in [2.05, 4.69) is 36.8 Å². The molecule has 37 heavy (non-hydrogen) atoms. The minimum atomic E-state index is -3.84. The topological polar surface area (TPSA) is 132 Å². The first-order valence-corrected chi connectivity index (χ1v) is 14.6. The van der Waals surface area contributed by atoms with Gasteiger partial charge in [0.25, 0.3) is 10.0 Å². The van der Waals surface area contributed by atoms with Crippen molar-refractivity contribution >= 4 is 39.2 Å². The quantitative estimate of drug-likeness (QED) is 0.284. The van der Waals surface area contributed by atoms with E-state index in [9.17, 15) is 13.2 Å². The molecule has 0 unspecified atom stereocenters. The number of hydrogen-bond acceptors (Lipinski definition) is 8. The van der Waals surface area contributed by atoms with E-state index >= 15 is 0 Å². The number of rotatable bonds is 10. The van der Waals surface area contributed by atoms with Crippen molar-refractivity contribution < 1.29 is 13.2 Å². The molecular formula is C25H31N7O3S2. The Kier molecular flexibility index (Phi) is 8.59. The lowest BCUT2D eigenvalue weighted by Gasteiger charge is -2.21. The maximum absolute atomic E-state index is 12.7. The Morgan fingerprint density at radius 2 is 1.86 bits per heavy atom. The molecule has 10 nitrogen and oxygen atoms in total. The van der Waals surface area contributed by atoms with Crippen LogP contribution in [0.5, 0.6) is 0 Å². The van der Waals surface area contributed by atoms with Gasteiger partial charge >= 0.3 is 0 Å². The van der Waals surface area contributed by atoms with E-state index in [1.165, 1.54) is 43.2 Å². The Morgan fingerprint density at radius 3 is 2.54 bits per heavy atom. The summed E-state index contributed by atoms with van der Waals surface area (Å²) in [7, 11) is -3.84. The number of amides is 1. The molecule has 0 aliphatic heterocycles. The Labute approximate surface area is 221 Å². The SMILES string of the molecule is C=CCn1c(SCC(=O)Nc2ccc(S(=O)(=O)Nc3cc(C)nc(C)n3)cc2)nnc1C1CCCCC1. The number of thioether (sulfide) groups is 1. The third-order valence-corrected chi connectivity index (χ3v) is 8.35. The van der Waals surface area contributed by atoms with Crippen LogP contribution in [-0.2, 0) is 21.4 Å². The predicted molar refractivity (Wildman–Crippen MR) is 144 cm³/mol. The third-order valence-electron chi connectivity index (χ3n) is 6.01. The molecule has 1 fully saturated rings. The highest BCUT2D eigenvalue weighted by Crippen LogP contribution is 2.33. The smallest absolute Gasteiger partial charge is 0.263 e. The van der Waals surface area contributed by atoms with Crippen molar-refractivity contribution in [2.45, 2.75) is 68.5 Å². The van der Waals surface area contributed by atoms with Crippen molar-refractivity contribution in [2.75, 3.05) is 15.8 Å². The van der Waals surface area contributed by atoms with E-state index in [0.29, 0.717) is 34.8 Å². The minimum absolute atomic E-state index is 0.0570. The summed E-state index contributed by atoms with van der Waals surface area (Å²) in [5, 5.41) is 12.3. The highest BCUT2D eigenvalue weighted by atomic mass is 32.2. The Bertz CT molecular complexity index is 1350. The van der Waals surface area contributed by atoms with E-state index in [0.717, 1.165) is 18.7 Å². The second-order valence-electron chi connectivity index (χ2n) is 8.98. The molecule has 4 rings (SSSR count). The molecule has 1 aliphatic carbocycles. The van der Waals surface area contributed by atoms with Crippen molar-refractivity contribution in [3.63, 3.8) is 0 Å². The summed E-state index contributed by atoms with van der Waals surface area (Å²) in [6.45, 7) is 7.91. The zero-order valence-electron chi connectivity index (χ0n) is 21.0. The normalized spacial score (nSPS) is 14.3. The standard InChI is InChI=1S/C25H31N7O3S2/c1-4-14-32-24(19-8-6-5-7-9-19)29-30-25(32)36-16-23(33)28-20-10-12-21(13-11-20)37(34,35)31-22-15-17(2)26-18(3)27-22/h4,10-13,15,19H,1,5-9,14,16H2,2-3H3,(H,28,33)(H,26,27,31). The third kappa shape index (κ3) is 6.95. The van der Waals surface area contributed by atoms with Crippen LogP contribution < -0.4 is 10.0 Å². The number of benzene rings is 1. The van der Waals surface area contributed by atoms with Crippen LogP contribution in [0.3, 0.4) is 0 Å². The first kappa shape index (κ1) is 26.8. The Hall–Kier alpha value is -3.25. The van der Waals surface area contributed by atoms with Gasteiger partial charge < -0.3 is 9.88 Å². The fourth-order valence-corrected chi connectivity index (χ4v) is 6.13. The molecule has 2 N–H and O–H groups in total. The van der Waals surface area contributed by atoms with Crippen molar-refractivity contribution in [2.24, 2.45) is 0 Å². The molecule has 2 heterocycles. The van der Waals surface area contributed by atoms with Crippen LogP contribution in [0.15, 0.2) is 53.0 Å². The van der Waals surface area contributed by atoms with E-state index in [-0.39, 0.29) is 22.4 Å². The molecule has 196 valence electrons. The molecule has 1 aromatic carbocycles. The molecule has 3 aromatic rings. The summed E-state index contributed by atoms with van der Waals surface area (Å²) in [4.78, 5) is 20.9. The number of nitrogens with one attached hydrogen (secondary N) is 2. The van der Waals surface area contributed by atoms with Crippen LogP contribution >= 0.6 is 11.8 Å². The maximum Gasteiger partial charge on any atom is 0.263 e. The van der Waals surface area contributed by atoms with Gasteiger partial charge in [-0.1, -0.05) is 37.1 Å². The maximum atomic E-state index is 12.7. The lowest BCUT2D eigenvalue weighted by Crippen LogP contribution is -2.16. The molecule has 2 aromatic heterocycles. The summed E-state index contributed by atoms with van der Waals surface area (Å²) in [5.41, 5.74) is 1.16. The predicted octanol–water partition coefficient (Wildman–Crippen LogP) is 4.45. The number of carbonyl (C=O) groups is 1. The summed E-state index contributed by atoms with van der Waals surface area (Å²) in [6.07, 6.45) is 7.70. The van der Waals surface area contributed by atoms with Crippen LogP contribution in [0.1, 0.15) is 55.4 Å². The number of sulfonamides is 1. The van der Waals surface area contributed by atoms with Crippen molar-refractivity contribution in [3.8, 4) is 0 Å². The number of aromatic nitrogens is 5.